The molecule has 0 spiro atoms. The second-order valence-corrected chi connectivity index (χ2v) is 14.8. The predicted molar refractivity (Wildman–Crippen MR) is 180 cm³/mol. The van der Waals surface area contributed by atoms with E-state index >= 15 is 0 Å². The van der Waals surface area contributed by atoms with Crippen LogP contribution in [0.15, 0.2) is 36.8 Å². The molecule has 5 atom stereocenters. The number of nitrogens with one attached hydrogen (secondary N) is 4. The van der Waals surface area contributed by atoms with Crippen molar-refractivity contribution < 1.29 is 29.3 Å². The maximum absolute atomic E-state index is 14.0. The van der Waals surface area contributed by atoms with Gasteiger partial charge in [0.1, 0.15) is 23.9 Å². The minimum Gasteiger partial charge on any atom is -0.497 e. The molecule has 0 radical (unpaired) electrons. The summed E-state index contributed by atoms with van der Waals surface area (Å²) in [6, 6.07) is 4.34. The predicted octanol–water partition coefficient (Wildman–Crippen LogP) is 2.52. The first kappa shape index (κ1) is 38.0. The van der Waals surface area contributed by atoms with E-state index < -0.39 is 59.0 Å². The zero-order chi connectivity index (χ0) is 34.8. The van der Waals surface area contributed by atoms with Gasteiger partial charge < -0.3 is 41.6 Å². The number of benzene rings is 1. The maximum atomic E-state index is 14.0. The fourth-order valence-electron chi connectivity index (χ4n) is 6.04. The molecule has 1 aliphatic rings. The maximum Gasteiger partial charge on any atom is 0.243 e. The molecule has 12 heteroatoms. The molecule has 262 valence electrons. The zero-order valence-electron chi connectivity index (χ0n) is 28.8. The van der Waals surface area contributed by atoms with Gasteiger partial charge in [-0.15, -0.1) is 0 Å². The number of aliphatic hydroxyl groups is 2. The number of aliphatic hydroxyl groups excluding tert-OH is 2. The molecule has 2 aromatic rings. The van der Waals surface area contributed by atoms with E-state index in [9.17, 15) is 24.6 Å². The van der Waals surface area contributed by atoms with Crippen LogP contribution in [0.25, 0.3) is 0 Å². The summed E-state index contributed by atoms with van der Waals surface area (Å²) in [5.41, 5.74) is 6.06. The van der Waals surface area contributed by atoms with Crippen molar-refractivity contribution in [3.63, 3.8) is 0 Å². The van der Waals surface area contributed by atoms with Gasteiger partial charge in [0, 0.05) is 36.7 Å². The highest BCUT2D eigenvalue weighted by Gasteiger charge is 2.38. The number of aromatic nitrogens is 2. The molecule has 0 unspecified atom stereocenters. The number of hydrogen-bond acceptors (Lipinski definition) is 8. The smallest absolute Gasteiger partial charge is 0.243 e. The largest absolute Gasteiger partial charge is 0.497 e. The molecule has 1 aliphatic carbocycles. The van der Waals surface area contributed by atoms with E-state index in [1.807, 2.05) is 32.9 Å². The summed E-state index contributed by atoms with van der Waals surface area (Å²) in [4.78, 5) is 47.9. The number of methoxy groups -OCH3 is 1. The summed E-state index contributed by atoms with van der Waals surface area (Å²) in [5.74, 6) is -0.504. The lowest BCUT2D eigenvalue weighted by atomic mass is 9.79. The average molecular weight is 657 g/mol. The third kappa shape index (κ3) is 12.6. The van der Waals surface area contributed by atoms with Crippen LogP contribution >= 0.6 is 0 Å². The molecular formula is C35H56N6O6. The summed E-state index contributed by atoms with van der Waals surface area (Å²) in [6.45, 7) is 8.97. The van der Waals surface area contributed by atoms with E-state index in [0.29, 0.717) is 23.8 Å². The Balaban J connectivity index is 1.87. The van der Waals surface area contributed by atoms with Crippen molar-refractivity contribution in [2.24, 2.45) is 17.1 Å². The van der Waals surface area contributed by atoms with E-state index in [1.54, 1.807) is 39.3 Å². The molecule has 8 N–H and O–H groups in total. The first-order valence-corrected chi connectivity index (χ1v) is 16.7. The molecule has 47 heavy (non-hydrogen) atoms. The SMILES string of the molecule is COc1ccc(C[C@@H](NC(=O)CC(C)(C)N)C(=O)N[C@H](Cc2cnc[nH]2)C(=O)N[C@H](CC2CCCCC2)[C@H](O)[C@H](O)C(C)(C)C)cc1. The number of amides is 3. The third-order valence-corrected chi connectivity index (χ3v) is 8.74. The number of aromatic amines is 1. The van der Waals surface area contributed by atoms with Crippen LogP contribution in [-0.4, -0.2) is 80.9 Å². The lowest BCUT2D eigenvalue weighted by Crippen LogP contribution is -2.59. The van der Waals surface area contributed by atoms with Crippen LogP contribution in [0.5, 0.6) is 5.75 Å². The number of H-pyrrole nitrogens is 1. The van der Waals surface area contributed by atoms with E-state index in [4.69, 9.17) is 10.5 Å². The van der Waals surface area contributed by atoms with Gasteiger partial charge in [0.05, 0.1) is 25.6 Å². The van der Waals surface area contributed by atoms with Crippen molar-refractivity contribution in [1.29, 1.82) is 0 Å². The fraction of sp³-hybridized carbons (Fsp3) is 0.657. The van der Waals surface area contributed by atoms with Crippen molar-refractivity contribution in [2.75, 3.05) is 7.11 Å². The number of carbonyl (C=O) groups excluding carboxylic acids is 3. The van der Waals surface area contributed by atoms with Crippen LogP contribution < -0.4 is 26.4 Å². The Labute approximate surface area is 279 Å². The van der Waals surface area contributed by atoms with Gasteiger partial charge in [0.15, 0.2) is 0 Å². The minimum absolute atomic E-state index is 0.00566. The van der Waals surface area contributed by atoms with Gasteiger partial charge in [-0.1, -0.05) is 65.0 Å². The van der Waals surface area contributed by atoms with Crippen LogP contribution in [0.1, 0.15) is 90.8 Å². The summed E-state index contributed by atoms with van der Waals surface area (Å²) in [7, 11) is 1.56. The highest BCUT2D eigenvalue weighted by molar-refractivity contribution is 5.92. The molecule has 12 nitrogen and oxygen atoms in total. The molecule has 0 bridgehead atoms. The van der Waals surface area contributed by atoms with Crippen LogP contribution in [0.3, 0.4) is 0 Å². The Morgan fingerprint density at radius 1 is 0.957 bits per heavy atom. The molecule has 1 saturated carbocycles. The van der Waals surface area contributed by atoms with E-state index in [1.165, 1.54) is 6.33 Å². The third-order valence-electron chi connectivity index (χ3n) is 8.74. The first-order valence-electron chi connectivity index (χ1n) is 16.7. The van der Waals surface area contributed by atoms with Gasteiger partial charge in [0.25, 0.3) is 0 Å². The average Bonchev–Trinajstić information content (AvgIpc) is 3.52. The summed E-state index contributed by atoms with van der Waals surface area (Å²) >= 11 is 0. The van der Waals surface area contributed by atoms with Gasteiger partial charge in [-0.3, -0.25) is 14.4 Å². The number of imidazole rings is 1. The van der Waals surface area contributed by atoms with Crippen molar-refractivity contribution in [3.05, 3.63) is 48.0 Å². The molecule has 1 aromatic carbocycles. The lowest BCUT2D eigenvalue weighted by Gasteiger charge is -2.37. The minimum atomic E-state index is -1.22. The topological polar surface area (TPSA) is 192 Å². The molecule has 1 heterocycles. The summed E-state index contributed by atoms with van der Waals surface area (Å²) in [5, 5.41) is 31.1. The molecule has 1 aromatic heterocycles. The van der Waals surface area contributed by atoms with Crippen molar-refractivity contribution in [1.82, 2.24) is 25.9 Å². The number of rotatable bonds is 16. The Bertz CT molecular complexity index is 1260. The molecular weight excluding hydrogens is 600 g/mol. The standard InChI is InChI=1S/C35H56N6O6/c1-34(2,3)31(44)30(43)26(16-22-10-8-7-9-11-22)40-33(46)28(18-24-20-37-21-38-24)41-32(45)27(39-29(42)19-35(4,5)36)17-23-12-14-25(47-6)15-13-23/h12-15,20-22,26-28,30-31,43-44H,7-11,16-19,36H2,1-6H3,(H,37,38)(H,39,42)(H,40,46)(H,41,45)/t26-,27-,28-,30+,31+/m1/s1. The number of carbonyl (C=O) groups is 3. The lowest BCUT2D eigenvalue weighted by molar-refractivity contribution is -0.133. The van der Waals surface area contributed by atoms with Gasteiger partial charge in [-0.05, 0) is 49.3 Å². The quantitative estimate of drug-likeness (QED) is 0.143. The highest BCUT2D eigenvalue weighted by atomic mass is 16.5. The van der Waals surface area contributed by atoms with Crippen molar-refractivity contribution in [3.8, 4) is 5.75 Å². The number of ether oxygens (including phenoxy) is 1. The Morgan fingerprint density at radius 3 is 2.13 bits per heavy atom. The summed E-state index contributed by atoms with van der Waals surface area (Å²) in [6.07, 6.45) is 6.83. The van der Waals surface area contributed by atoms with Crippen LogP contribution in [0.2, 0.25) is 0 Å². The Hall–Kier alpha value is -3.48. The number of nitrogens with zero attached hydrogens (tertiary/aromatic N) is 1. The first-order chi connectivity index (χ1) is 22.1. The van der Waals surface area contributed by atoms with Crippen LogP contribution in [0, 0.1) is 11.3 Å². The van der Waals surface area contributed by atoms with Gasteiger partial charge in [-0.25, -0.2) is 4.98 Å². The molecule has 0 saturated heterocycles. The van der Waals surface area contributed by atoms with E-state index in [2.05, 4.69) is 25.9 Å². The normalized spacial score (nSPS) is 17.6. The van der Waals surface area contributed by atoms with E-state index in [0.717, 1.165) is 37.7 Å². The van der Waals surface area contributed by atoms with Crippen LogP contribution in [0.4, 0.5) is 0 Å². The van der Waals surface area contributed by atoms with Gasteiger partial charge in [0.2, 0.25) is 17.7 Å². The second-order valence-electron chi connectivity index (χ2n) is 14.8. The van der Waals surface area contributed by atoms with Crippen molar-refractivity contribution >= 4 is 17.7 Å². The monoisotopic (exact) mass is 656 g/mol. The number of nitrogens with two attached hydrogens (primary N) is 1. The number of hydrogen-bond donors (Lipinski definition) is 7. The van der Waals surface area contributed by atoms with Crippen molar-refractivity contribution in [2.45, 2.75) is 128 Å². The van der Waals surface area contributed by atoms with Gasteiger partial charge >= 0.3 is 0 Å². The molecule has 3 rings (SSSR count). The van der Waals surface area contributed by atoms with E-state index in [-0.39, 0.29) is 19.3 Å². The summed E-state index contributed by atoms with van der Waals surface area (Å²) < 4.78 is 5.25. The zero-order valence-corrected chi connectivity index (χ0v) is 28.8. The Kier molecular flexibility index (Phi) is 13.8. The molecule has 1 fully saturated rings. The molecule has 0 aliphatic heterocycles. The van der Waals surface area contributed by atoms with Crippen LogP contribution in [-0.2, 0) is 27.2 Å². The van der Waals surface area contributed by atoms with Gasteiger partial charge in [-0.2, -0.15) is 0 Å². The second kappa shape index (κ2) is 17.1. The fourth-order valence-corrected chi connectivity index (χ4v) is 6.04. The highest BCUT2D eigenvalue weighted by Crippen LogP contribution is 2.31. The molecule has 3 amide bonds. The Morgan fingerprint density at radius 2 is 1.57 bits per heavy atom.